The van der Waals surface area contributed by atoms with Crippen molar-refractivity contribution in [2.45, 2.75) is 31.6 Å². The summed E-state index contributed by atoms with van der Waals surface area (Å²) in [4.78, 5) is 11.9. The highest BCUT2D eigenvalue weighted by atomic mass is 35.5. The van der Waals surface area contributed by atoms with Gasteiger partial charge in [-0.05, 0) is 30.5 Å². The number of carbonyl (C=O) groups is 1. The number of halogens is 2. The van der Waals surface area contributed by atoms with Crippen molar-refractivity contribution in [1.82, 2.24) is 5.32 Å². The Morgan fingerprint density at radius 1 is 1.42 bits per heavy atom. The van der Waals surface area contributed by atoms with Crippen molar-refractivity contribution in [2.24, 2.45) is 5.73 Å². The van der Waals surface area contributed by atoms with E-state index in [1.807, 2.05) is 0 Å². The van der Waals surface area contributed by atoms with Gasteiger partial charge in [0.15, 0.2) is 0 Å². The standard InChI is InChI=1S/C13H16Cl2N2O2/c14-9-2-1-8(11(15)5-9)7-17-13(18)12-4-3-10(6-16)19-12/h1-2,5,10,12H,3-4,6-7,16H2,(H,17,18)/t10-,12+/m1/s1. The van der Waals surface area contributed by atoms with Crippen molar-refractivity contribution in [2.75, 3.05) is 6.54 Å². The molecule has 0 aromatic heterocycles. The normalized spacial score (nSPS) is 22.5. The zero-order valence-corrected chi connectivity index (χ0v) is 11.9. The molecule has 0 saturated carbocycles. The molecule has 0 unspecified atom stereocenters. The number of ether oxygens (including phenoxy) is 1. The van der Waals surface area contributed by atoms with Gasteiger partial charge in [-0.15, -0.1) is 0 Å². The highest BCUT2D eigenvalue weighted by molar-refractivity contribution is 6.35. The minimum Gasteiger partial charge on any atom is -0.364 e. The number of carbonyl (C=O) groups excluding carboxylic acids is 1. The van der Waals surface area contributed by atoms with Crippen LogP contribution >= 0.6 is 23.2 Å². The second-order valence-corrected chi connectivity index (χ2v) is 5.36. The van der Waals surface area contributed by atoms with Gasteiger partial charge in [0, 0.05) is 23.1 Å². The van der Waals surface area contributed by atoms with Crippen molar-refractivity contribution in [3.63, 3.8) is 0 Å². The van der Waals surface area contributed by atoms with Crippen LogP contribution in [0.4, 0.5) is 0 Å². The molecule has 6 heteroatoms. The lowest BCUT2D eigenvalue weighted by Gasteiger charge is -2.13. The molecule has 0 aliphatic carbocycles. The van der Waals surface area contributed by atoms with E-state index in [1.54, 1.807) is 18.2 Å². The molecule has 0 spiro atoms. The van der Waals surface area contributed by atoms with Gasteiger partial charge in [0.1, 0.15) is 6.10 Å². The Balaban J connectivity index is 1.87. The van der Waals surface area contributed by atoms with Crippen LogP contribution in [0.1, 0.15) is 18.4 Å². The third-order valence-corrected chi connectivity index (χ3v) is 3.72. The molecule has 1 fully saturated rings. The molecule has 2 atom stereocenters. The Hall–Kier alpha value is -0.810. The smallest absolute Gasteiger partial charge is 0.249 e. The van der Waals surface area contributed by atoms with Crippen molar-refractivity contribution in [3.8, 4) is 0 Å². The fraction of sp³-hybridized carbons (Fsp3) is 0.462. The number of hydrogen-bond donors (Lipinski definition) is 2. The SMILES string of the molecule is NC[C@H]1CC[C@@H](C(=O)NCc2ccc(Cl)cc2Cl)O1. The predicted octanol–water partition coefficient (Wildman–Crippen LogP) is 2.12. The number of nitrogens with one attached hydrogen (secondary N) is 1. The van der Waals surface area contributed by atoms with Gasteiger partial charge in [-0.1, -0.05) is 29.3 Å². The molecule has 0 bridgehead atoms. The van der Waals surface area contributed by atoms with Crippen molar-refractivity contribution >= 4 is 29.1 Å². The summed E-state index contributed by atoms with van der Waals surface area (Å²) in [6, 6.07) is 5.19. The summed E-state index contributed by atoms with van der Waals surface area (Å²) in [5.74, 6) is -0.123. The van der Waals surface area contributed by atoms with Gasteiger partial charge >= 0.3 is 0 Å². The Morgan fingerprint density at radius 3 is 2.84 bits per heavy atom. The van der Waals surface area contributed by atoms with Gasteiger partial charge in [0.05, 0.1) is 6.10 Å². The molecule has 1 aromatic carbocycles. The molecule has 0 radical (unpaired) electrons. The lowest BCUT2D eigenvalue weighted by molar-refractivity contribution is -0.132. The van der Waals surface area contributed by atoms with Crippen LogP contribution in [-0.4, -0.2) is 24.7 Å². The fourth-order valence-corrected chi connectivity index (χ4v) is 2.51. The highest BCUT2D eigenvalue weighted by Crippen LogP contribution is 2.22. The first kappa shape index (κ1) is 14.6. The van der Waals surface area contributed by atoms with E-state index in [4.69, 9.17) is 33.7 Å². The van der Waals surface area contributed by atoms with E-state index < -0.39 is 6.10 Å². The summed E-state index contributed by atoms with van der Waals surface area (Å²) in [5, 5.41) is 3.93. The molecule has 1 aliphatic heterocycles. The average molecular weight is 303 g/mol. The number of nitrogens with two attached hydrogens (primary N) is 1. The van der Waals surface area contributed by atoms with E-state index in [0.717, 1.165) is 12.0 Å². The Morgan fingerprint density at radius 2 is 2.21 bits per heavy atom. The van der Waals surface area contributed by atoms with Gasteiger partial charge in [0.25, 0.3) is 0 Å². The minimum atomic E-state index is -0.403. The third kappa shape index (κ3) is 3.83. The first-order valence-corrected chi connectivity index (χ1v) is 6.93. The zero-order valence-electron chi connectivity index (χ0n) is 10.4. The first-order chi connectivity index (χ1) is 9.10. The fourth-order valence-electron chi connectivity index (χ4n) is 2.03. The van der Waals surface area contributed by atoms with Crippen LogP contribution in [0.2, 0.25) is 10.0 Å². The van der Waals surface area contributed by atoms with E-state index in [0.29, 0.717) is 29.6 Å². The van der Waals surface area contributed by atoms with Crippen LogP contribution in [0.5, 0.6) is 0 Å². The molecule has 104 valence electrons. The third-order valence-electron chi connectivity index (χ3n) is 3.13. The summed E-state index contributed by atoms with van der Waals surface area (Å²) >= 11 is 11.8. The number of benzene rings is 1. The van der Waals surface area contributed by atoms with E-state index in [2.05, 4.69) is 5.32 Å². The minimum absolute atomic E-state index is 0.00475. The van der Waals surface area contributed by atoms with E-state index >= 15 is 0 Å². The Labute approximate surface area is 122 Å². The predicted molar refractivity (Wildman–Crippen MR) is 75.3 cm³/mol. The van der Waals surface area contributed by atoms with Gasteiger partial charge in [-0.25, -0.2) is 0 Å². The van der Waals surface area contributed by atoms with E-state index in [-0.39, 0.29) is 12.0 Å². The summed E-state index contributed by atoms with van der Waals surface area (Å²) in [6.07, 6.45) is 1.13. The van der Waals surface area contributed by atoms with E-state index in [1.165, 1.54) is 0 Å². The molecule has 2 rings (SSSR count). The summed E-state index contributed by atoms with van der Waals surface area (Å²) in [6.45, 7) is 0.814. The van der Waals surface area contributed by atoms with Crippen molar-refractivity contribution < 1.29 is 9.53 Å². The van der Waals surface area contributed by atoms with Crippen molar-refractivity contribution in [3.05, 3.63) is 33.8 Å². The number of amides is 1. The maximum absolute atomic E-state index is 11.9. The molecule has 1 saturated heterocycles. The van der Waals surface area contributed by atoms with Crippen LogP contribution in [0.25, 0.3) is 0 Å². The summed E-state index contributed by atoms with van der Waals surface area (Å²) < 4.78 is 5.52. The van der Waals surface area contributed by atoms with Crippen LogP contribution in [-0.2, 0) is 16.1 Å². The van der Waals surface area contributed by atoms with Crippen LogP contribution in [0, 0.1) is 0 Å². The van der Waals surface area contributed by atoms with Gasteiger partial charge in [0.2, 0.25) is 5.91 Å². The molecule has 1 aromatic rings. The number of hydrogen-bond acceptors (Lipinski definition) is 3. The quantitative estimate of drug-likeness (QED) is 0.895. The lowest BCUT2D eigenvalue weighted by atomic mass is 10.2. The van der Waals surface area contributed by atoms with Crippen molar-refractivity contribution in [1.29, 1.82) is 0 Å². The summed E-state index contributed by atoms with van der Waals surface area (Å²) in [5.41, 5.74) is 6.34. The molecular formula is C13H16Cl2N2O2. The second kappa shape index (κ2) is 6.57. The molecule has 3 N–H and O–H groups in total. The van der Waals surface area contributed by atoms with Gasteiger partial charge in [-0.3, -0.25) is 4.79 Å². The average Bonchev–Trinajstić information content (AvgIpc) is 2.86. The molecule has 1 amide bonds. The Kier molecular flexibility index (Phi) is 5.05. The largest absolute Gasteiger partial charge is 0.364 e. The van der Waals surface area contributed by atoms with Crippen LogP contribution < -0.4 is 11.1 Å². The molecule has 1 aliphatic rings. The highest BCUT2D eigenvalue weighted by Gasteiger charge is 2.29. The van der Waals surface area contributed by atoms with E-state index in [9.17, 15) is 4.79 Å². The topological polar surface area (TPSA) is 64.4 Å². The van der Waals surface area contributed by atoms with Gasteiger partial charge in [-0.2, -0.15) is 0 Å². The first-order valence-electron chi connectivity index (χ1n) is 6.17. The van der Waals surface area contributed by atoms with Gasteiger partial charge < -0.3 is 15.8 Å². The maximum atomic E-state index is 11.9. The monoisotopic (exact) mass is 302 g/mol. The molecule has 19 heavy (non-hydrogen) atoms. The number of rotatable bonds is 4. The Bertz CT molecular complexity index is 468. The molecule has 4 nitrogen and oxygen atoms in total. The molecular weight excluding hydrogens is 287 g/mol. The van der Waals surface area contributed by atoms with Crippen LogP contribution in [0.15, 0.2) is 18.2 Å². The van der Waals surface area contributed by atoms with Crippen LogP contribution in [0.3, 0.4) is 0 Å². The zero-order chi connectivity index (χ0) is 13.8. The maximum Gasteiger partial charge on any atom is 0.249 e. The lowest BCUT2D eigenvalue weighted by Crippen LogP contribution is -2.35. The second-order valence-electron chi connectivity index (χ2n) is 4.51. The summed E-state index contributed by atoms with van der Waals surface area (Å²) in [7, 11) is 0. The molecule has 1 heterocycles.